The van der Waals surface area contributed by atoms with Gasteiger partial charge in [-0.1, -0.05) is 43.7 Å². The summed E-state index contributed by atoms with van der Waals surface area (Å²) in [6, 6.07) is 0. The van der Waals surface area contributed by atoms with E-state index in [0.717, 1.165) is 0 Å². The minimum absolute atomic E-state index is 0.184. The Balaban J connectivity index is 2.70. The van der Waals surface area contributed by atoms with Gasteiger partial charge in [-0.25, -0.2) is 0 Å². The molecule has 1 fully saturated rings. The van der Waals surface area contributed by atoms with Crippen molar-refractivity contribution in [2.45, 2.75) is 39.0 Å². The monoisotopic (exact) mass is 218 g/mol. The van der Waals surface area contributed by atoms with E-state index in [1.165, 1.54) is 37.3 Å². The van der Waals surface area contributed by atoms with Crippen LogP contribution in [0, 0.1) is 11.8 Å². The Kier molecular flexibility index (Phi) is 5.24. The van der Waals surface area contributed by atoms with Crippen LogP contribution in [0.15, 0.2) is 37.0 Å². The summed E-state index contributed by atoms with van der Waals surface area (Å²) in [5.74, 6) is 1.26. The van der Waals surface area contributed by atoms with Crippen LogP contribution in [0.5, 0.6) is 0 Å². The summed E-state index contributed by atoms with van der Waals surface area (Å²) in [5.41, 5.74) is 1.37. The van der Waals surface area contributed by atoms with Gasteiger partial charge in [0.15, 0.2) is 5.78 Å². The second-order valence-electron chi connectivity index (χ2n) is 4.67. The van der Waals surface area contributed by atoms with Crippen molar-refractivity contribution in [3.63, 3.8) is 0 Å². The van der Waals surface area contributed by atoms with Gasteiger partial charge in [0.25, 0.3) is 0 Å². The highest BCUT2D eigenvalue weighted by Crippen LogP contribution is 2.37. The largest absolute Gasteiger partial charge is 0.295 e. The van der Waals surface area contributed by atoms with Crippen molar-refractivity contribution in [3.8, 4) is 0 Å². The molecular formula is C15H22O. The van der Waals surface area contributed by atoms with Crippen LogP contribution in [0.4, 0.5) is 0 Å². The van der Waals surface area contributed by atoms with Gasteiger partial charge in [0.1, 0.15) is 0 Å². The van der Waals surface area contributed by atoms with Gasteiger partial charge in [0, 0.05) is 6.42 Å². The molecule has 2 atom stereocenters. The van der Waals surface area contributed by atoms with Crippen molar-refractivity contribution in [3.05, 3.63) is 37.0 Å². The number of ketones is 1. The molecule has 0 unspecified atom stereocenters. The standard InChI is InChI=1S/C15H22O/c1-4-8-12(3)15-10-7-6-9-13(15)11-14(16)5-2/h4-5,8,13,15H,1-2,6-7,9-11H2,3H3/b12-8-/t13-,15-/m1/s1. The summed E-state index contributed by atoms with van der Waals surface area (Å²) in [6.45, 7) is 9.45. The molecule has 0 spiro atoms. The van der Waals surface area contributed by atoms with Gasteiger partial charge >= 0.3 is 0 Å². The zero-order chi connectivity index (χ0) is 12.0. The molecule has 1 aliphatic rings. The number of allylic oxidation sites excluding steroid dienone is 4. The summed E-state index contributed by atoms with van der Waals surface area (Å²) >= 11 is 0. The van der Waals surface area contributed by atoms with Crippen molar-refractivity contribution in [2.24, 2.45) is 11.8 Å². The SMILES string of the molecule is C=C/C=C(/C)[C@H]1CCCC[C@@H]1CC(=O)C=C. The topological polar surface area (TPSA) is 17.1 Å². The minimum atomic E-state index is 0.184. The summed E-state index contributed by atoms with van der Waals surface area (Å²) < 4.78 is 0. The van der Waals surface area contributed by atoms with Gasteiger partial charge in [-0.3, -0.25) is 4.79 Å². The highest BCUT2D eigenvalue weighted by molar-refractivity contribution is 5.89. The van der Waals surface area contributed by atoms with Gasteiger partial charge in [0.2, 0.25) is 0 Å². The van der Waals surface area contributed by atoms with Gasteiger partial charge in [-0.05, 0) is 37.7 Å². The Morgan fingerprint density at radius 1 is 1.31 bits per heavy atom. The predicted molar refractivity (Wildman–Crippen MR) is 69.2 cm³/mol. The van der Waals surface area contributed by atoms with E-state index in [2.05, 4.69) is 26.2 Å². The van der Waals surface area contributed by atoms with Gasteiger partial charge in [-0.2, -0.15) is 0 Å². The molecule has 0 aromatic carbocycles. The Labute approximate surface area is 98.9 Å². The van der Waals surface area contributed by atoms with E-state index in [1.54, 1.807) is 0 Å². The van der Waals surface area contributed by atoms with Crippen LogP contribution in [-0.2, 0) is 4.79 Å². The number of rotatable bonds is 5. The highest BCUT2D eigenvalue weighted by atomic mass is 16.1. The third kappa shape index (κ3) is 3.48. The average Bonchev–Trinajstić information content (AvgIpc) is 2.30. The van der Waals surface area contributed by atoms with Crippen LogP contribution in [0.2, 0.25) is 0 Å². The first-order chi connectivity index (χ1) is 7.69. The molecule has 16 heavy (non-hydrogen) atoms. The number of hydrogen-bond acceptors (Lipinski definition) is 1. The fraction of sp³-hybridized carbons (Fsp3) is 0.533. The lowest BCUT2D eigenvalue weighted by atomic mass is 9.73. The molecular weight excluding hydrogens is 196 g/mol. The van der Waals surface area contributed by atoms with E-state index >= 15 is 0 Å². The maximum absolute atomic E-state index is 11.4. The third-order valence-corrected chi connectivity index (χ3v) is 3.57. The molecule has 1 saturated carbocycles. The molecule has 0 aromatic heterocycles. The molecule has 0 radical (unpaired) electrons. The molecule has 1 aliphatic carbocycles. The van der Waals surface area contributed by atoms with Crippen molar-refractivity contribution in [1.29, 1.82) is 0 Å². The highest BCUT2D eigenvalue weighted by Gasteiger charge is 2.27. The van der Waals surface area contributed by atoms with Crippen molar-refractivity contribution >= 4 is 5.78 Å². The Bertz CT molecular complexity index is 299. The third-order valence-electron chi connectivity index (χ3n) is 3.57. The summed E-state index contributed by atoms with van der Waals surface area (Å²) in [6.07, 6.45) is 11.0. The molecule has 0 amide bonds. The van der Waals surface area contributed by atoms with E-state index in [-0.39, 0.29) is 5.78 Å². The summed E-state index contributed by atoms with van der Waals surface area (Å²) in [5, 5.41) is 0. The fourth-order valence-corrected chi connectivity index (χ4v) is 2.70. The van der Waals surface area contributed by atoms with Crippen LogP contribution in [0.25, 0.3) is 0 Å². The first kappa shape index (κ1) is 13.0. The Morgan fingerprint density at radius 3 is 2.62 bits per heavy atom. The first-order valence-electron chi connectivity index (χ1n) is 6.13. The smallest absolute Gasteiger partial charge is 0.155 e. The normalized spacial score (nSPS) is 26.2. The van der Waals surface area contributed by atoms with Crippen LogP contribution >= 0.6 is 0 Å². The zero-order valence-corrected chi connectivity index (χ0v) is 10.2. The number of carbonyl (C=O) groups excluding carboxylic acids is 1. The van der Waals surface area contributed by atoms with Crippen LogP contribution in [-0.4, -0.2) is 5.78 Å². The molecule has 1 nitrogen and oxygen atoms in total. The van der Waals surface area contributed by atoms with E-state index in [4.69, 9.17) is 0 Å². The number of hydrogen-bond donors (Lipinski definition) is 0. The van der Waals surface area contributed by atoms with E-state index < -0.39 is 0 Å². The van der Waals surface area contributed by atoms with Crippen LogP contribution < -0.4 is 0 Å². The molecule has 0 N–H and O–H groups in total. The van der Waals surface area contributed by atoms with Gasteiger partial charge < -0.3 is 0 Å². The average molecular weight is 218 g/mol. The van der Waals surface area contributed by atoms with Crippen molar-refractivity contribution in [1.82, 2.24) is 0 Å². The molecule has 1 heteroatoms. The second-order valence-corrected chi connectivity index (χ2v) is 4.67. The molecule has 88 valence electrons. The summed E-state index contributed by atoms with van der Waals surface area (Å²) in [4.78, 5) is 11.4. The van der Waals surface area contributed by atoms with Gasteiger partial charge in [-0.15, -0.1) is 0 Å². The van der Waals surface area contributed by atoms with Crippen molar-refractivity contribution < 1.29 is 4.79 Å². The Hall–Kier alpha value is -1.11. The molecule has 1 rings (SSSR count). The zero-order valence-electron chi connectivity index (χ0n) is 10.2. The lowest BCUT2D eigenvalue weighted by Crippen LogP contribution is -2.22. The lowest BCUT2D eigenvalue weighted by molar-refractivity contribution is -0.115. The predicted octanol–water partition coefficient (Wildman–Crippen LogP) is 4.07. The lowest BCUT2D eigenvalue weighted by Gasteiger charge is -2.31. The fourth-order valence-electron chi connectivity index (χ4n) is 2.70. The van der Waals surface area contributed by atoms with Crippen LogP contribution in [0.3, 0.4) is 0 Å². The van der Waals surface area contributed by atoms with Crippen molar-refractivity contribution in [2.75, 3.05) is 0 Å². The Morgan fingerprint density at radius 2 is 2.00 bits per heavy atom. The number of carbonyl (C=O) groups is 1. The maximum atomic E-state index is 11.4. The molecule has 0 saturated heterocycles. The van der Waals surface area contributed by atoms with E-state index in [0.29, 0.717) is 18.3 Å². The minimum Gasteiger partial charge on any atom is -0.295 e. The molecule has 0 bridgehead atoms. The summed E-state index contributed by atoms with van der Waals surface area (Å²) in [7, 11) is 0. The molecule has 0 aliphatic heterocycles. The molecule has 0 aromatic rings. The maximum Gasteiger partial charge on any atom is 0.155 e. The molecule has 0 heterocycles. The quantitative estimate of drug-likeness (QED) is 0.502. The van der Waals surface area contributed by atoms with E-state index in [9.17, 15) is 4.79 Å². The second kappa shape index (κ2) is 6.47. The van der Waals surface area contributed by atoms with Gasteiger partial charge in [0.05, 0.1) is 0 Å². The van der Waals surface area contributed by atoms with E-state index in [1.807, 2.05) is 6.08 Å². The van der Waals surface area contributed by atoms with Crippen LogP contribution in [0.1, 0.15) is 39.0 Å². The first-order valence-corrected chi connectivity index (χ1v) is 6.13.